The Kier molecular flexibility index (Phi) is 4.61. The minimum atomic E-state index is -2.33. The van der Waals surface area contributed by atoms with Gasteiger partial charge in [0, 0.05) is 12.1 Å². The van der Waals surface area contributed by atoms with Crippen molar-refractivity contribution in [3.63, 3.8) is 0 Å². The van der Waals surface area contributed by atoms with Gasteiger partial charge in [-0.05, 0) is 17.7 Å². The van der Waals surface area contributed by atoms with Crippen molar-refractivity contribution in [1.82, 2.24) is 20.6 Å². The second-order valence-corrected chi connectivity index (χ2v) is 5.10. The molecule has 1 amide bonds. The lowest BCUT2D eigenvalue weighted by Gasteiger charge is -2.09. The van der Waals surface area contributed by atoms with Crippen molar-refractivity contribution >= 4 is 11.6 Å². The molecule has 11 heteroatoms. The zero-order valence-electron chi connectivity index (χ0n) is 12.7. The van der Waals surface area contributed by atoms with Gasteiger partial charge in [0.2, 0.25) is 5.82 Å². The SMILES string of the molecule is O=C(Nc1ccc(Cc2nn[nH]n2)cc1)c1c(F)c(F)c(F)c(F)c1F. The molecule has 3 rings (SSSR count). The number of carbonyl (C=O) groups excluding carboxylic acids is 1. The lowest BCUT2D eigenvalue weighted by atomic mass is 10.1. The summed E-state index contributed by atoms with van der Waals surface area (Å²) in [6.45, 7) is 0. The Balaban J connectivity index is 1.80. The highest BCUT2D eigenvalue weighted by Gasteiger charge is 2.29. The van der Waals surface area contributed by atoms with E-state index in [2.05, 4.69) is 25.9 Å². The summed E-state index contributed by atoms with van der Waals surface area (Å²) < 4.78 is 66.6. The maximum atomic E-state index is 13.6. The van der Waals surface area contributed by atoms with Gasteiger partial charge in [-0.15, -0.1) is 10.2 Å². The molecular weight excluding hydrogens is 361 g/mol. The molecule has 0 saturated carbocycles. The number of halogens is 5. The second-order valence-electron chi connectivity index (χ2n) is 5.10. The normalized spacial score (nSPS) is 10.8. The van der Waals surface area contributed by atoms with Crippen LogP contribution in [0.4, 0.5) is 27.6 Å². The molecule has 0 aliphatic heterocycles. The van der Waals surface area contributed by atoms with E-state index in [1.54, 1.807) is 12.1 Å². The van der Waals surface area contributed by atoms with Crippen LogP contribution >= 0.6 is 0 Å². The molecule has 0 aliphatic carbocycles. The van der Waals surface area contributed by atoms with E-state index >= 15 is 0 Å². The third-order valence-corrected chi connectivity index (χ3v) is 3.40. The number of benzene rings is 2. The number of aromatic amines is 1. The predicted molar refractivity (Wildman–Crippen MR) is 77.6 cm³/mol. The number of anilines is 1. The van der Waals surface area contributed by atoms with E-state index in [4.69, 9.17) is 0 Å². The van der Waals surface area contributed by atoms with E-state index < -0.39 is 40.6 Å². The number of hydrogen-bond acceptors (Lipinski definition) is 4. The smallest absolute Gasteiger partial charge is 0.261 e. The summed E-state index contributed by atoms with van der Waals surface area (Å²) in [4.78, 5) is 11.9. The van der Waals surface area contributed by atoms with Crippen molar-refractivity contribution < 1.29 is 26.7 Å². The Bertz CT molecular complexity index is 931. The highest BCUT2D eigenvalue weighted by atomic mass is 19.2. The number of rotatable bonds is 4. The first-order valence-corrected chi connectivity index (χ1v) is 7.02. The van der Waals surface area contributed by atoms with Crippen molar-refractivity contribution in [2.24, 2.45) is 0 Å². The Morgan fingerprint density at radius 3 is 2.04 bits per heavy atom. The van der Waals surface area contributed by atoms with Crippen molar-refractivity contribution in [1.29, 1.82) is 0 Å². The molecule has 2 aromatic carbocycles. The van der Waals surface area contributed by atoms with Gasteiger partial charge in [0.15, 0.2) is 29.1 Å². The lowest BCUT2D eigenvalue weighted by molar-refractivity contribution is 0.101. The predicted octanol–water partition coefficient (Wildman–Crippen LogP) is 2.74. The largest absolute Gasteiger partial charge is 0.322 e. The number of H-pyrrole nitrogens is 1. The molecule has 0 bridgehead atoms. The molecule has 0 saturated heterocycles. The van der Waals surface area contributed by atoms with E-state index in [0.29, 0.717) is 12.2 Å². The second kappa shape index (κ2) is 6.86. The van der Waals surface area contributed by atoms with Crippen LogP contribution in [0, 0.1) is 29.1 Å². The van der Waals surface area contributed by atoms with Crippen LogP contribution in [0.2, 0.25) is 0 Å². The number of nitrogens with zero attached hydrogens (tertiary/aromatic N) is 3. The van der Waals surface area contributed by atoms with Crippen LogP contribution in [0.3, 0.4) is 0 Å². The molecule has 134 valence electrons. The molecule has 26 heavy (non-hydrogen) atoms. The molecule has 1 aromatic heterocycles. The van der Waals surface area contributed by atoms with Gasteiger partial charge in [-0.3, -0.25) is 4.79 Å². The van der Waals surface area contributed by atoms with Gasteiger partial charge in [0.05, 0.1) is 0 Å². The average molecular weight is 369 g/mol. The van der Waals surface area contributed by atoms with E-state index in [0.717, 1.165) is 5.56 Å². The fourth-order valence-corrected chi connectivity index (χ4v) is 2.14. The molecule has 2 N–H and O–H groups in total. The molecule has 0 unspecified atom stereocenters. The number of tetrazole rings is 1. The van der Waals surface area contributed by atoms with Gasteiger partial charge >= 0.3 is 0 Å². The van der Waals surface area contributed by atoms with E-state index in [1.165, 1.54) is 12.1 Å². The molecule has 0 spiro atoms. The zero-order valence-corrected chi connectivity index (χ0v) is 12.7. The van der Waals surface area contributed by atoms with Crippen LogP contribution in [0.1, 0.15) is 21.7 Å². The Morgan fingerprint density at radius 2 is 1.50 bits per heavy atom. The van der Waals surface area contributed by atoms with Crippen molar-refractivity contribution in [2.75, 3.05) is 5.32 Å². The number of nitrogens with one attached hydrogen (secondary N) is 2. The Hall–Kier alpha value is -3.37. The third kappa shape index (κ3) is 3.23. The summed E-state index contributed by atoms with van der Waals surface area (Å²) in [5.74, 6) is -12.2. The Labute approximate surface area is 142 Å². The molecule has 0 radical (unpaired) electrons. The first kappa shape index (κ1) is 17.5. The van der Waals surface area contributed by atoms with Crippen molar-refractivity contribution in [2.45, 2.75) is 6.42 Å². The van der Waals surface area contributed by atoms with Crippen LogP contribution in [-0.2, 0) is 6.42 Å². The van der Waals surface area contributed by atoms with Gasteiger partial charge in [-0.25, -0.2) is 22.0 Å². The standard InChI is InChI=1S/C15H8F5N5O/c16-10-9(11(17)13(19)14(20)12(10)18)15(26)21-7-3-1-6(2-4-7)5-8-22-24-25-23-8/h1-4H,5H2,(H,21,26)(H,22,23,24,25). The van der Waals surface area contributed by atoms with Crippen molar-refractivity contribution in [3.8, 4) is 0 Å². The Morgan fingerprint density at radius 1 is 0.923 bits per heavy atom. The van der Waals surface area contributed by atoms with Gasteiger partial charge < -0.3 is 5.32 Å². The number of aromatic nitrogens is 4. The van der Waals surface area contributed by atoms with Crippen LogP contribution in [0.25, 0.3) is 0 Å². The summed E-state index contributed by atoms with van der Waals surface area (Å²) >= 11 is 0. The van der Waals surface area contributed by atoms with Gasteiger partial charge in [0.25, 0.3) is 5.91 Å². The highest BCUT2D eigenvalue weighted by Crippen LogP contribution is 2.24. The highest BCUT2D eigenvalue weighted by molar-refractivity contribution is 6.04. The maximum Gasteiger partial charge on any atom is 0.261 e. The number of carbonyl (C=O) groups is 1. The lowest BCUT2D eigenvalue weighted by Crippen LogP contribution is -2.19. The quantitative estimate of drug-likeness (QED) is 0.421. The molecule has 3 aromatic rings. The summed E-state index contributed by atoms with van der Waals surface area (Å²) in [5.41, 5.74) is -0.728. The van der Waals surface area contributed by atoms with Crippen LogP contribution < -0.4 is 5.32 Å². The molecule has 1 heterocycles. The summed E-state index contributed by atoms with van der Waals surface area (Å²) in [5, 5.41) is 15.3. The molecule has 0 aliphatic rings. The van der Waals surface area contributed by atoms with Crippen LogP contribution in [0.5, 0.6) is 0 Å². The molecule has 0 fully saturated rings. The minimum absolute atomic E-state index is 0.0933. The summed E-state index contributed by atoms with van der Waals surface area (Å²) in [7, 11) is 0. The van der Waals surface area contributed by atoms with Crippen LogP contribution in [-0.4, -0.2) is 26.5 Å². The van der Waals surface area contributed by atoms with E-state index in [-0.39, 0.29) is 5.69 Å². The van der Waals surface area contributed by atoms with E-state index in [9.17, 15) is 26.7 Å². The first-order chi connectivity index (χ1) is 12.4. The maximum absolute atomic E-state index is 13.6. The fraction of sp³-hybridized carbons (Fsp3) is 0.0667. The monoisotopic (exact) mass is 369 g/mol. The molecule has 6 nitrogen and oxygen atoms in total. The topological polar surface area (TPSA) is 83.6 Å². The minimum Gasteiger partial charge on any atom is -0.322 e. The number of hydrogen-bond donors (Lipinski definition) is 2. The van der Waals surface area contributed by atoms with Crippen LogP contribution in [0.15, 0.2) is 24.3 Å². The zero-order chi connectivity index (χ0) is 18.8. The molecular formula is C15H8F5N5O. The van der Waals surface area contributed by atoms with Crippen molar-refractivity contribution in [3.05, 3.63) is 70.3 Å². The first-order valence-electron chi connectivity index (χ1n) is 7.02. The summed E-state index contributed by atoms with van der Waals surface area (Å²) in [6, 6.07) is 5.90. The van der Waals surface area contributed by atoms with Gasteiger partial charge in [0.1, 0.15) is 5.56 Å². The summed E-state index contributed by atoms with van der Waals surface area (Å²) in [6.07, 6.45) is 0.336. The van der Waals surface area contributed by atoms with Gasteiger partial charge in [-0.2, -0.15) is 5.21 Å². The number of amides is 1. The fourth-order valence-electron chi connectivity index (χ4n) is 2.14. The average Bonchev–Trinajstić information content (AvgIpc) is 3.13. The van der Waals surface area contributed by atoms with Gasteiger partial charge in [-0.1, -0.05) is 17.3 Å². The molecule has 0 atom stereocenters. The van der Waals surface area contributed by atoms with E-state index in [1.807, 2.05) is 0 Å². The third-order valence-electron chi connectivity index (χ3n) is 3.40.